The number of carboxylic acids is 1. The minimum absolute atomic E-state index is 0.0331. The molecule has 3 unspecified atom stereocenters. The van der Waals surface area contributed by atoms with E-state index in [1.165, 1.54) is 22.3 Å². The molecular formula is C22H21NO4. The first-order valence-corrected chi connectivity index (χ1v) is 9.45. The fourth-order valence-electron chi connectivity index (χ4n) is 5.08. The van der Waals surface area contributed by atoms with Crippen LogP contribution in [-0.2, 0) is 9.53 Å². The summed E-state index contributed by atoms with van der Waals surface area (Å²) in [4.78, 5) is 23.7. The number of fused-ring (bicyclic) bond motifs is 4. The second-order valence-corrected chi connectivity index (χ2v) is 7.89. The van der Waals surface area contributed by atoms with Crippen LogP contribution in [0, 0.1) is 11.3 Å². The van der Waals surface area contributed by atoms with Crippen LogP contribution in [0.2, 0.25) is 0 Å². The topological polar surface area (TPSA) is 75.6 Å². The molecule has 5 heteroatoms. The van der Waals surface area contributed by atoms with Gasteiger partial charge < -0.3 is 15.2 Å². The van der Waals surface area contributed by atoms with Crippen molar-refractivity contribution in [3.05, 3.63) is 59.7 Å². The molecule has 2 fully saturated rings. The molecule has 0 aliphatic heterocycles. The molecule has 138 valence electrons. The summed E-state index contributed by atoms with van der Waals surface area (Å²) >= 11 is 0. The van der Waals surface area contributed by atoms with Crippen LogP contribution in [0.5, 0.6) is 0 Å². The lowest BCUT2D eigenvalue weighted by Crippen LogP contribution is -2.36. The van der Waals surface area contributed by atoms with Crippen molar-refractivity contribution < 1.29 is 19.4 Å². The molecule has 0 aromatic heterocycles. The van der Waals surface area contributed by atoms with E-state index in [1.807, 2.05) is 24.3 Å². The average Bonchev–Trinajstić information content (AvgIpc) is 3.21. The summed E-state index contributed by atoms with van der Waals surface area (Å²) in [6, 6.07) is 16.4. The first kappa shape index (κ1) is 16.4. The Morgan fingerprint density at radius 3 is 2.26 bits per heavy atom. The van der Waals surface area contributed by atoms with Crippen LogP contribution in [0.15, 0.2) is 48.5 Å². The molecule has 2 saturated carbocycles. The normalized spacial score (nSPS) is 27.4. The van der Waals surface area contributed by atoms with Crippen LogP contribution in [0.3, 0.4) is 0 Å². The van der Waals surface area contributed by atoms with E-state index in [9.17, 15) is 14.7 Å². The molecular weight excluding hydrogens is 342 g/mol. The molecule has 3 aliphatic rings. The molecule has 0 heterocycles. The van der Waals surface area contributed by atoms with Gasteiger partial charge in [0.2, 0.25) is 0 Å². The van der Waals surface area contributed by atoms with E-state index in [0.29, 0.717) is 19.3 Å². The maximum Gasteiger partial charge on any atom is 0.407 e. The molecule has 1 amide bonds. The highest BCUT2D eigenvalue weighted by atomic mass is 16.5. The number of ether oxygens (including phenoxy) is 1. The fourth-order valence-corrected chi connectivity index (χ4v) is 5.08. The highest BCUT2D eigenvalue weighted by Gasteiger charge is 2.67. The fraction of sp³-hybridized carbons (Fsp3) is 0.364. The van der Waals surface area contributed by atoms with Gasteiger partial charge in [-0.2, -0.15) is 0 Å². The molecule has 0 spiro atoms. The number of carbonyl (C=O) groups is 2. The maximum absolute atomic E-state index is 12.3. The summed E-state index contributed by atoms with van der Waals surface area (Å²) in [6.07, 6.45) is 1.56. The lowest BCUT2D eigenvalue weighted by Gasteiger charge is -2.17. The monoisotopic (exact) mass is 363 g/mol. The largest absolute Gasteiger partial charge is 0.481 e. The SMILES string of the molecule is O=C(NC1CCC2(C(=O)O)CC12)OCC1c2ccccc2-c2ccccc21. The minimum atomic E-state index is -0.732. The standard InChI is InChI=1S/C22H21NO4/c24-20(25)22-10-9-19(18(22)11-22)23-21(26)27-12-17-15-7-3-1-5-13(15)14-6-2-4-8-16(14)17/h1-8,17-19H,9-12H2,(H,23,26)(H,24,25). The van der Waals surface area contributed by atoms with Crippen LogP contribution in [0.25, 0.3) is 11.1 Å². The van der Waals surface area contributed by atoms with Crippen molar-refractivity contribution in [3.63, 3.8) is 0 Å². The molecule has 27 heavy (non-hydrogen) atoms. The summed E-state index contributed by atoms with van der Waals surface area (Å²) in [7, 11) is 0. The van der Waals surface area contributed by atoms with Gasteiger partial charge in [-0.05, 0) is 47.4 Å². The molecule has 0 saturated heterocycles. The van der Waals surface area contributed by atoms with Gasteiger partial charge in [-0.1, -0.05) is 48.5 Å². The first-order chi connectivity index (χ1) is 13.1. The number of carbonyl (C=O) groups excluding carboxylic acids is 1. The summed E-state index contributed by atoms with van der Waals surface area (Å²) in [6.45, 7) is 0.279. The molecule has 2 aromatic rings. The van der Waals surface area contributed by atoms with Gasteiger partial charge >= 0.3 is 12.1 Å². The Bertz CT molecular complexity index is 894. The third-order valence-corrected chi connectivity index (χ3v) is 6.59. The Hall–Kier alpha value is -2.82. The van der Waals surface area contributed by atoms with E-state index in [4.69, 9.17) is 4.74 Å². The van der Waals surface area contributed by atoms with E-state index in [2.05, 4.69) is 29.6 Å². The van der Waals surface area contributed by atoms with Gasteiger partial charge in [0.1, 0.15) is 6.61 Å². The first-order valence-electron chi connectivity index (χ1n) is 9.45. The van der Waals surface area contributed by atoms with E-state index in [0.717, 1.165) is 0 Å². The zero-order valence-corrected chi connectivity index (χ0v) is 14.9. The van der Waals surface area contributed by atoms with Crippen molar-refractivity contribution in [2.45, 2.75) is 31.2 Å². The van der Waals surface area contributed by atoms with E-state index < -0.39 is 17.5 Å². The third kappa shape index (κ3) is 2.45. The van der Waals surface area contributed by atoms with Crippen molar-refractivity contribution in [2.24, 2.45) is 11.3 Å². The molecule has 5 nitrogen and oxygen atoms in total. The van der Waals surface area contributed by atoms with E-state index in [-0.39, 0.29) is 24.5 Å². The second kappa shape index (κ2) is 5.84. The molecule has 0 bridgehead atoms. The number of aliphatic carboxylic acids is 1. The molecule has 0 radical (unpaired) electrons. The Morgan fingerprint density at radius 2 is 1.70 bits per heavy atom. The molecule has 5 rings (SSSR count). The third-order valence-electron chi connectivity index (χ3n) is 6.59. The van der Waals surface area contributed by atoms with Crippen molar-refractivity contribution in [1.82, 2.24) is 5.32 Å². The zero-order valence-electron chi connectivity index (χ0n) is 14.9. The zero-order chi connectivity index (χ0) is 18.6. The van der Waals surface area contributed by atoms with Crippen molar-refractivity contribution in [3.8, 4) is 11.1 Å². The second-order valence-electron chi connectivity index (χ2n) is 7.89. The molecule has 3 atom stereocenters. The van der Waals surface area contributed by atoms with Crippen LogP contribution in [-0.4, -0.2) is 29.8 Å². The number of nitrogens with one attached hydrogen (secondary N) is 1. The Labute approximate surface area is 157 Å². The Kier molecular flexibility index (Phi) is 3.54. The van der Waals surface area contributed by atoms with Gasteiger partial charge in [0.05, 0.1) is 5.41 Å². The number of benzene rings is 2. The van der Waals surface area contributed by atoms with Crippen LogP contribution in [0.4, 0.5) is 4.79 Å². The van der Waals surface area contributed by atoms with Gasteiger partial charge in [-0.15, -0.1) is 0 Å². The van der Waals surface area contributed by atoms with E-state index >= 15 is 0 Å². The van der Waals surface area contributed by atoms with Gasteiger partial charge in [0, 0.05) is 12.0 Å². The predicted octanol–water partition coefficient (Wildman–Crippen LogP) is 3.78. The smallest absolute Gasteiger partial charge is 0.407 e. The number of amides is 1. The maximum atomic E-state index is 12.3. The highest BCUT2D eigenvalue weighted by Crippen LogP contribution is 2.63. The van der Waals surface area contributed by atoms with Gasteiger partial charge in [-0.25, -0.2) is 4.79 Å². The molecule has 2 N–H and O–H groups in total. The Balaban J connectivity index is 1.26. The molecule has 3 aliphatic carbocycles. The lowest BCUT2D eigenvalue weighted by molar-refractivity contribution is -0.143. The summed E-state index contributed by atoms with van der Waals surface area (Å²) < 4.78 is 5.56. The summed E-state index contributed by atoms with van der Waals surface area (Å²) in [5.74, 6) is -0.648. The van der Waals surface area contributed by atoms with Gasteiger partial charge in [0.25, 0.3) is 0 Å². The predicted molar refractivity (Wildman–Crippen MR) is 99.4 cm³/mol. The summed E-state index contributed by atoms with van der Waals surface area (Å²) in [5.41, 5.74) is 4.16. The van der Waals surface area contributed by atoms with Gasteiger partial charge in [-0.3, -0.25) is 4.79 Å². The number of alkyl carbamates (subject to hydrolysis) is 1. The lowest BCUT2D eigenvalue weighted by atomic mass is 9.98. The van der Waals surface area contributed by atoms with Crippen LogP contribution in [0.1, 0.15) is 36.3 Å². The van der Waals surface area contributed by atoms with Crippen LogP contribution >= 0.6 is 0 Å². The number of carboxylic acid groups (broad SMARTS) is 1. The highest BCUT2D eigenvalue weighted by molar-refractivity contribution is 5.80. The van der Waals surface area contributed by atoms with E-state index in [1.54, 1.807) is 0 Å². The molecule has 2 aromatic carbocycles. The van der Waals surface area contributed by atoms with Crippen LogP contribution < -0.4 is 5.32 Å². The summed E-state index contributed by atoms with van der Waals surface area (Å²) in [5, 5.41) is 12.3. The van der Waals surface area contributed by atoms with Crippen molar-refractivity contribution in [1.29, 1.82) is 0 Å². The number of hydrogen-bond acceptors (Lipinski definition) is 3. The minimum Gasteiger partial charge on any atom is -0.481 e. The number of rotatable bonds is 4. The quantitative estimate of drug-likeness (QED) is 0.867. The van der Waals surface area contributed by atoms with Crippen molar-refractivity contribution >= 4 is 12.1 Å². The number of hydrogen-bond donors (Lipinski definition) is 2. The average molecular weight is 363 g/mol. The van der Waals surface area contributed by atoms with Gasteiger partial charge in [0.15, 0.2) is 0 Å². The Morgan fingerprint density at radius 1 is 1.07 bits per heavy atom. The van der Waals surface area contributed by atoms with Crippen molar-refractivity contribution in [2.75, 3.05) is 6.61 Å².